The summed E-state index contributed by atoms with van der Waals surface area (Å²) in [5, 5.41) is 6.63. The monoisotopic (exact) mass is 337 g/mol. The van der Waals surface area contributed by atoms with Gasteiger partial charge in [0.15, 0.2) is 17.5 Å². The van der Waals surface area contributed by atoms with Crippen LogP contribution >= 0.6 is 0 Å². The highest BCUT2D eigenvalue weighted by atomic mass is 16.5. The number of aliphatic imine (C=N–C) groups is 1. The zero-order valence-electron chi connectivity index (χ0n) is 15.4. The molecule has 0 bridgehead atoms. The van der Waals surface area contributed by atoms with Crippen molar-refractivity contribution in [3.05, 3.63) is 23.8 Å². The molecule has 0 radical (unpaired) electrons. The largest absolute Gasteiger partial charge is 0.493 e. The first-order chi connectivity index (χ1) is 11.7. The number of benzene rings is 1. The number of hydrogen-bond acceptors (Lipinski definition) is 4. The lowest BCUT2D eigenvalue weighted by Gasteiger charge is -2.13. The van der Waals surface area contributed by atoms with Gasteiger partial charge in [-0.05, 0) is 43.9 Å². The van der Waals surface area contributed by atoms with Crippen molar-refractivity contribution in [2.24, 2.45) is 4.99 Å². The lowest BCUT2D eigenvalue weighted by atomic mass is 10.1. The van der Waals surface area contributed by atoms with Gasteiger partial charge in [-0.15, -0.1) is 0 Å². The molecule has 136 valence electrons. The molecule has 0 spiro atoms. The molecule has 0 fully saturated rings. The van der Waals surface area contributed by atoms with Crippen LogP contribution in [0.5, 0.6) is 11.5 Å². The van der Waals surface area contributed by atoms with Crippen LogP contribution in [-0.4, -0.2) is 53.5 Å². The highest BCUT2D eigenvalue weighted by molar-refractivity contribution is 5.79. The third kappa shape index (κ3) is 7.55. The van der Waals surface area contributed by atoms with Crippen molar-refractivity contribution in [2.75, 3.05) is 47.6 Å². The molecule has 0 aliphatic rings. The lowest BCUT2D eigenvalue weighted by molar-refractivity contribution is 0.143. The average molecular weight is 337 g/mol. The molecule has 0 aliphatic heterocycles. The van der Waals surface area contributed by atoms with Crippen molar-refractivity contribution < 1.29 is 14.2 Å². The number of methoxy groups -OCH3 is 2. The van der Waals surface area contributed by atoms with Gasteiger partial charge in [0.05, 0.1) is 14.2 Å². The molecular weight excluding hydrogens is 306 g/mol. The standard InChI is InChI=1S/C18H31N3O3/c1-5-24-13-7-6-11-20-18(19-2)21-12-10-15-8-9-16(22-3)17(14-15)23-4/h8-9,14H,5-7,10-13H2,1-4H3,(H2,19,20,21). The number of hydrogen-bond donors (Lipinski definition) is 2. The average Bonchev–Trinajstić information content (AvgIpc) is 2.62. The number of guanidine groups is 1. The van der Waals surface area contributed by atoms with E-state index in [1.807, 2.05) is 25.1 Å². The van der Waals surface area contributed by atoms with Crippen LogP contribution in [0.15, 0.2) is 23.2 Å². The second-order valence-corrected chi connectivity index (χ2v) is 5.27. The van der Waals surface area contributed by atoms with E-state index in [0.29, 0.717) is 0 Å². The molecular formula is C18H31N3O3. The molecule has 0 aromatic heterocycles. The number of rotatable bonds is 11. The number of nitrogens with one attached hydrogen (secondary N) is 2. The minimum Gasteiger partial charge on any atom is -0.493 e. The minimum atomic E-state index is 0.749. The Kier molecular flexibility index (Phi) is 10.4. The Hall–Kier alpha value is -1.95. The Balaban J connectivity index is 2.29. The molecule has 0 saturated carbocycles. The molecule has 0 atom stereocenters. The summed E-state index contributed by atoms with van der Waals surface area (Å²) in [6, 6.07) is 5.98. The van der Waals surface area contributed by atoms with Crippen molar-refractivity contribution in [3.8, 4) is 11.5 Å². The molecule has 24 heavy (non-hydrogen) atoms. The summed E-state index contributed by atoms with van der Waals surface area (Å²) in [4.78, 5) is 4.23. The second kappa shape index (κ2) is 12.5. The smallest absolute Gasteiger partial charge is 0.190 e. The Labute approximate surface area is 145 Å². The van der Waals surface area contributed by atoms with Gasteiger partial charge < -0.3 is 24.8 Å². The topological polar surface area (TPSA) is 64.1 Å². The molecule has 0 amide bonds. The van der Waals surface area contributed by atoms with Crippen LogP contribution in [0.2, 0.25) is 0 Å². The van der Waals surface area contributed by atoms with Gasteiger partial charge in [0.2, 0.25) is 0 Å². The second-order valence-electron chi connectivity index (χ2n) is 5.27. The van der Waals surface area contributed by atoms with Gasteiger partial charge >= 0.3 is 0 Å². The van der Waals surface area contributed by atoms with E-state index in [9.17, 15) is 0 Å². The fraction of sp³-hybridized carbons (Fsp3) is 0.611. The Morgan fingerprint density at radius 2 is 1.79 bits per heavy atom. The van der Waals surface area contributed by atoms with E-state index in [0.717, 1.165) is 63.0 Å². The van der Waals surface area contributed by atoms with E-state index >= 15 is 0 Å². The van der Waals surface area contributed by atoms with Crippen molar-refractivity contribution in [3.63, 3.8) is 0 Å². The number of unbranched alkanes of at least 4 members (excludes halogenated alkanes) is 1. The fourth-order valence-corrected chi connectivity index (χ4v) is 2.26. The van der Waals surface area contributed by atoms with E-state index in [4.69, 9.17) is 14.2 Å². The molecule has 6 heteroatoms. The van der Waals surface area contributed by atoms with E-state index in [1.165, 1.54) is 5.56 Å². The first-order valence-corrected chi connectivity index (χ1v) is 8.48. The predicted octanol–water partition coefficient (Wildman–Crippen LogP) is 2.23. The molecule has 1 rings (SSSR count). The van der Waals surface area contributed by atoms with Gasteiger partial charge in [-0.1, -0.05) is 6.07 Å². The summed E-state index contributed by atoms with van der Waals surface area (Å²) >= 11 is 0. The third-order valence-electron chi connectivity index (χ3n) is 3.59. The molecule has 1 aromatic carbocycles. The summed E-state index contributed by atoms with van der Waals surface area (Å²) in [5.41, 5.74) is 1.19. The third-order valence-corrected chi connectivity index (χ3v) is 3.59. The quantitative estimate of drug-likeness (QED) is 0.368. The van der Waals surface area contributed by atoms with E-state index in [-0.39, 0.29) is 0 Å². The first-order valence-electron chi connectivity index (χ1n) is 8.48. The van der Waals surface area contributed by atoms with E-state index in [1.54, 1.807) is 21.3 Å². The first kappa shape index (κ1) is 20.1. The summed E-state index contributed by atoms with van der Waals surface area (Å²) in [5.74, 6) is 2.33. The van der Waals surface area contributed by atoms with Crippen LogP contribution in [0.4, 0.5) is 0 Å². The SMILES string of the molecule is CCOCCCCNC(=NC)NCCc1ccc(OC)c(OC)c1. The van der Waals surface area contributed by atoms with Gasteiger partial charge in [0.1, 0.15) is 0 Å². The van der Waals surface area contributed by atoms with Gasteiger partial charge in [-0.25, -0.2) is 0 Å². The van der Waals surface area contributed by atoms with Crippen molar-refractivity contribution in [1.29, 1.82) is 0 Å². The molecule has 0 aliphatic carbocycles. The van der Waals surface area contributed by atoms with Crippen LogP contribution < -0.4 is 20.1 Å². The molecule has 1 aromatic rings. The Morgan fingerprint density at radius 3 is 2.46 bits per heavy atom. The van der Waals surface area contributed by atoms with Gasteiger partial charge in [-0.3, -0.25) is 4.99 Å². The summed E-state index contributed by atoms with van der Waals surface area (Å²) in [6.45, 7) is 5.32. The normalized spacial score (nSPS) is 11.2. The highest BCUT2D eigenvalue weighted by Crippen LogP contribution is 2.27. The minimum absolute atomic E-state index is 0.749. The number of nitrogens with zero attached hydrogens (tertiary/aromatic N) is 1. The Morgan fingerprint density at radius 1 is 1.04 bits per heavy atom. The van der Waals surface area contributed by atoms with Crippen LogP contribution in [0.25, 0.3) is 0 Å². The summed E-state index contributed by atoms with van der Waals surface area (Å²) in [6.07, 6.45) is 3.01. The van der Waals surface area contributed by atoms with Crippen molar-refractivity contribution in [1.82, 2.24) is 10.6 Å². The highest BCUT2D eigenvalue weighted by Gasteiger charge is 2.04. The van der Waals surface area contributed by atoms with Crippen LogP contribution in [0.3, 0.4) is 0 Å². The fourth-order valence-electron chi connectivity index (χ4n) is 2.26. The molecule has 0 heterocycles. The van der Waals surface area contributed by atoms with E-state index in [2.05, 4.69) is 15.6 Å². The summed E-state index contributed by atoms with van der Waals surface area (Å²) in [7, 11) is 5.08. The zero-order chi connectivity index (χ0) is 17.6. The van der Waals surface area contributed by atoms with Gasteiger partial charge in [0.25, 0.3) is 0 Å². The lowest BCUT2D eigenvalue weighted by Crippen LogP contribution is -2.38. The van der Waals surface area contributed by atoms with Crippen LogP contribution in [0, 0.1) is 0 Å². The molecule has 0 saturated heterocycles. The van der Waals surface area contributed by atoms with Crippen LogP contribution in [-0.2, 0) is 11.2 Å². The molecule has 6 nitrogen and oxygen atoms in total. The molecule has 2 N–H and O–H groups in total. The van der Waals surface area contributed by atoms with Gasteiger partial charge in [0, 0.05) is 33.4 Å². The zero-order valence-corrected chi connectivity index (χ0v) is 15.4. The van der Waals surface area contributed by atoms with Crippen LogP contribution in [0.1, 0.15) is 25.3 Å². The maximum atomic E-state index is 5.33. The predicted molar refractivity (Wildman–Crippen MR) is 98.3 cm³/mol. The van der Waals surface area contributed by atoms with Crippen molar-refractivity contribution >= 4 is 5.96 Å². The maximum absolute atomic E-state index is 5.33. The van der Waals surface area contributed by atoms with Gasteiger partial charge in [-0.2, -0.15) is 0 Å². The number of ether oxygens (including phenoxy) is 3. The maximum Gasteiger partial charge on any atom is 0.190 e. The van der Waals surface area contributed by atoms with E-state index < -0.39 is 0 Å². The van der Waals surface area contributed by atoms with Crippen molar-refractivity contribution in [2.45, 2.75) is 26.2 Å². The Bertz CT molecular complexity index is 492. The molecule has 0 unspecified atom stereocenters. The summed E-state index contributed by atoms with van der Waals surface area (Å²) < 4.78 is 15.9.